The largest absolute Gasteiger partial charge is 0.376 e. The molecule has 0 radical (unpaired) electrons. The number of carbonyl (C=O) groups is 1. The number of hydrogen-bond donors (Lipinski definition) is 2. The fourth-order valence-corrected chi connectivity index (χ4v) is 4.74. The molecule has 1 saturated heterocycles. The van der Waals surface area contributed by atoms with Crippen LogP contribution in [-0.4, -0.2) is 60.4 Å². The molecule has 1 aliphatic rings. The zero-order chi connectivity index (χ0) is 23.5. The van der Waals surface area contributed by atoms with Crippen molar-refractivity contribution in [1.29, 1.82) is 0 Å². The highest BCUT2D eigenvalue weighted by molar-refractivity contribution is 7.85. The lowest BCUT2D eigenvalue weighted by Crippen LogP contribution is -2.58. The second kappa shape index (κ2) is 10.2. The summed E-state index contributed by atoms with van der Waals surface area (Å²) in [5.41, 5.74) is 1.73. The quantitative estimate of drug-likeness (QED) is 0.587. The maximum absolute atomic E-state index is 13.2. The average Bonchev–Trinajstić information content (AvgIpc) is 2.70. The Balaban J connectivity index is 1.61. The number of amides is 1. The summed E-state index contributed by atoms with van der Waals surface area (Å²) < 4.78 is 44.9. The molecular weight excluding hydrogens is 457 g/mol. The Morgan fingerprint density at radius 2 is 1.84 bits per heavy atom. The highest BCUT2D eigenvalue weighted by Gasteiger charge is 2.31. The van der Waals surface area contributed by atoms with Gasteiger partial charge in [-0.3, -0.25) is 14.2 Å². The number of hydrogen-bond acceptors (Lipinski definition) is 5. The van der Waals surface area contributed by atoms with Crippen LogP contribution in [-0.2, 0) is 27.2 Å². The summed E-state index contributed by atoms with van der Waals surface area (Å²) in [5.74, 6) is -0.975. The van der Waals surface area contributed by atoms with Crippen molar-refractivity contribution in [3.05, 3.63) is 64.4 Å². The lowest BCUT2D eigenvalue weighted by Gasteiger charge is -2.44. The average molecular weight is 484 g/mol. The van der Waals surface area contributed by atoms with E-state index >= 15 is 0 Å². The van der Waals surface area contributed by atoms with Crippen LogP contribution in [0.1, 0.15) is 25.0 Å². The molecule has 7 nitrogen and oxygen atoms in total. The van der Waals surface area contributed by atoms with E-state index in [1.54, 1.807) is 29.2 Å². The third kappa shape index (κ3) is 6.65. The Kier molecular flexibility index (Phi) is 7.76. The zero-order valence-corrected chi connectivity index (χ0v) is 19.5. The molecule has 0 aliphatic carbocycles. The molecule has 0 saturated carbocycles. The van der Waals surface area contributed by atoms with Gasteiger partial charge in [0.2, 0.25) is 5.91 Å². The highest BCUT2D eigenvalue weighted by Crippen LogP contribution is 2.23. The Bertz CT molecular complexity index is 1070. The van der Waals surface area contributed by atoms with E-state index in [2.05, 4.69) is 10.2 Å². The summed E-state index contributed by atoms with van der Waals surface area (Å²) in [7, 11) is -4.25. The normalized spacial score (nSPS) is 19.7. The lowest BCUT2D eigenvalue weighted by molar-refractivity contribution is -0.135. The van der Waals surface area contributed by atoms with E-state index in [1.165, 1.54) is 18.2 Å². The standard InChI is InChI=1S/C22H27ClFN3O4S/c1-15-12-27(16(2)11-26(15)13-17-3-6-20(24)7-4-17)22(28)10-25-21-8-5-19(23)9-18(21)14-32(29,30)31/h3-9,15-16,25H,10-14H2,1-2H3,(H,29,30,31)/t15-,16+/m0/s1. The fraction of sp³-hybridized carbons (Fsp3) is 0.409. The summed E-state index contributed by atoms with van der Waals surface area (Å²) in [6, 6.07) is 11.1. The predicted molar refractivity (Wildman–Crippen MR) is 123 cm³/mol. The van der Waals surface area contributed by atoms with E-state index in [4.69, 9.17) is 11.6 Å². The van der Waals surface area contributed by atoms with Crippen LogP contribution in [0.4, 0.5) is 10.1 Å². The van der Waals surface area contributed by atoms with Crippen molar-refractivity contribution in [2.24, 2.45) is 0 Å². The van der Waals surface area contributed by atoms with Crippen molar-refractivity contribution < 1.29 is 22.2 Å². The van der Waals surface area contributed by atoms with E-state index in [0.29, 0.717) is 35.9 Å². The number of benzene rings is 2. The van der Waals surface area contributed by atoms with Crippen molar-refractivity contribution in [1.82, 2.24) is 9.80 Å². The Morgan fingerprint density at radius 1 is 1.16 bits per heavy atom. The molecule has 2 atom stereocenters. The van der Waals surface area contributed by atoms with E-state index in [0.717, 1.165) is 5.56 Å². The van der Waals surface area contributed by atoms with E-state index < -0.39 is 15.9 Å². The third-order valence-electron chi connectivity index (χ3n) is 5.57. The van der Waals surface area contributed by atoms with Gasteiger partial charge in [0.15, 0.2) is 0 Å². The Hall–Kier alpha value is -2.20. The van der Waals surface area contributed by atoms with Gasteiger partial charge in [-0.05, 0) is 55.3 Å². The number of carbonyl (C=O) groups excluding carboxylic acids is 1. The van der Waals surface area contributed by atoms with Gasteiger partial charge in [0.25, 0.3) is 10.1 Å². The first kappa shape index (κ1) is 24.4. The second-order valence-corrected chi connectivity index (χ2v) is 10.1. The first-order valence-corrected chi connectivity index (χ1v) is 12.3. The molecule has 10 heteroatoms. The van der Waals surface area contributed by atoms with Gasteiger partial charge < -0.3 is 10.2 Å². The van der Waals surface area contributed by atoms with Crippen molar-refractivity contribution in [2.45, 2.75) is 38.2 Å². The topological polar surface area (TPSA) is 90.0 Å². The number of piperazine rings is 1. The van der Waals surface area contributed by atoms with Gasteiger partial charge >= 0.3 is 0 Å². The van der Waals surface area contributed by atoms with Gasteiger partial charge in [-0.1, -0.05) is 23.7 Å². The van der Waals surface area contributed by atoms with Crippen LogP contribution in [0.2, 0.25) is 5.02 Å². The summed E-state index contributed by atoms with van der Waals surface area (Å²) in [6.07, 6.45) is 0. The minimum atomic E-state index is -4.25. The molecular formula is C22H27ClFN3O4S. The monoisotopic (exact) mass is 483 g/mol. The zero-order valence-electron chi connectivity index (χ0n) is 18.0. The molecule has 1 aliphatic heterocycles. The predicted octanol–water partition coefficient (Wildman–Crippen LogP) is 3.40. The molecule has 1 fully saturated rings. The number of nitrogens with one attached hydrogen (secondary N) is 1. The van der Waals surface area contributed by atoms with Crippen LogP contribution < -0.4 is 5.32 Å². The van der Waals surface area contributed by atoms with Crippen LogP contribution in [0.3, 0.4) is 0 Å². The molecule has 0 bridgehead atoms. The number of anilines is 1. The van der Waals surface area contributed by atoms with Crippen LogP contribution in [0.15, 0.2) is 42.5 Å². The number of nitrogens with zero attached hydrogens (tertiary/aromatic N) is 2. The minimum Gasteiger partial charge on any atom is -0.376 e. The minimum absolute atomic E-state index is 0.0187. The van der Waals surface area contributed by atoms with Crippen molar-refractivity contribution in [2.75, 3.05) is 25.0 Å². The molecule has 0 unspecified atom stereocenters. The summed E-state index contributed by atoms with van der Waals surface area (Å²) in [6.45, 7) is 5.91. The molecule has 0 aromatic heterocycles. The second-order valence-electron chi connectivity index (χ2n) is 8.18. The molecule has 1 heterocycles. The van der Waals surface area contributed by atoms with Crippen LogP contribution in [0.5, 0.6) is 0 Å². The molecule has 2 aromatic carbocycles. The van der Waals surface area contributed by atoms with E-state index in [1.807, 2.05) is 13.8 Å². The van der Waals surface area contributed by atoms with Gasteiger partial charge in [-0.25, -0.2) is 4.39 Å². The van der Waals surface area contributed by atoms with E-state index in [-0.39, 0.29) is 30.4 Å². The maximum Gasteiger partial charge on any atom is 0.269 e. The van der Waals surface area contributed by atoms with Crippen LogP contribution in [0, 0.1) is 5.82 Å². The summed E-state index contributed by atoms with van der Waals surface area (Å²) in [5, 5.41) is 3.31. The van der Waals surface area contributed by atoms with Gasteiger partial charge in [0.1, 0.15) is 11.6 Å². The molecule has 174 valence electrons. The van der Waals surface area contributed by atoms with Gasteiger partial charge in [-0.15, -0.1) is 0 Å². The molecule has 2 N–H and O–H groups in total. The first-order valence-electron chi connectivity index (χ1n) is 10.3. The summed E-state index contributed by atoms with van der Waals surface area (Å²) >= 11 is 5.94. The van der Waals surface area contributed by atoms with E-state index in [9.17, 15) is 22.2 Å². The lowest BCUT2D eigenvalue weighted by atomic mass is 10.1. The van der Waals surface area contributed by atoms with Gasteiger partial charge in [0, 0.05) is 42.4 Å². The van der Waals surface area contributed by atoms with Crippen LogP contribution in [0.25, 0.3) is 0 Å². The Morgan fingerprint density at radius 3 is 2.50 bits per heavy atom. The van der Waals surface area contributed by atoms with Crippen molar-refractivity contribution >= 4 is 33.3 Å². The number of rotatable bonds is 7. The molecule has 32 heavy (non-hydrogen) atoms. The highest BCUT2D eigenvalue weighted by atomic mass is 35.5. The van der Waals surface area contributed by atoms with Gasteiger partial charge in [0.05, 0.1) is 6.54 Å². The maximum atomic E-state index is 13.2. The number of halogens is 2. The third-order valence-corrected chi connectivity index (χ3v) is 6.48. The molecule has 3 rings (SSSR count). The molecule has 1 amide bonds. The smallest absolute Gasteiger partial charge is 0.269 e. The van der Waals surface area contributed by atoms with Gasteiger partial charge in [-0.2, -0.15) is 8.42 Å². The van der Waals surface area contributed by atoms with Crippen molar-refractivity contribution in [3.8, 4) is 0 Å². The first-order chi connectivity index (χ1) is 15.0. The summed E-state index contributed by atoms with van der Waals surface area (Å²) in [4.78, 5) is 17.0. The SMILES string of the molecule is C[C@@H]1CN(Cc2ccc(F)cc2)[C@@H](C)CN1C(=O)CNc1ccc(Cl)cc1CS(=O)(=O)O. The fourth-order valence-electron chi connectivity index (χ4n) is 3.91. The van der Waals surface area contributed by atoms with Crippen LogP contribution >= 0.6 is 11.6 Å². The Labute approximate surface area is 192 Å². The molecule has 2 aromatic rings. The molecule has 0 spiro atoms. The van der Waals surface area contributed by atoms with Crippen molar-refractivity contribution in [3.63, 3.8) is 0 Å².